The van der Waals surface area contributed by atoms with Crippen LogP contribution >= 0.6 is 0 Å². The molecule has 57 heavy (non-hydrogen) atoms. The maximum atomic E-state index is 15.1. The van der Waals surface area contributed by atoms with Crippen LogP contribution in [0.15, 0.2) is 66.3 Å². The van der Waals surface area contributed by atoms with E-state index >= 15 is 4.79 Å². The number of allylic oxidation sites excluding steroid dienone is 4. The number of amides is 1. The van der Waals surface area contributed by atoms with Gasteiger partial charge in [0, 0.05) is 34.3 Å². The molecule has 8 fully saturated rings. The summed E-state index contributed by atoms with van der Waals surface area (Å²) >= 11 is 0. The zero-order valence-electron chi connectivity index (χ0n) is 34.5. The molecule has 0 saturated heterocycles. The molecule has 6 heteroatoms. The number of Topliss-reactive ketones (excluding diaryl/α,β-unsaturated/α-hetero) is 1. The highest BCUT2D eigenvalue weighted by Gasteiger charge is 2.75. The molecule has 2 aromatic rings. The van der Waals surface area contributed by atoms with Gasteiger partial charge in [-0.2, -0.15) is 0 Å². The lowest BCUT2D eigenvalue weighted by atomic mass is 9.32. The molecule has 304 valence electrons. The van der Waals surface area contributed by atoms with Crippen LogP contribution in [0.3, 0.4) is 0 Å². The van der Waals surface area contributed by atoms with Crippen LogP contribution in [0.25, 0.3) is 10.8 Å². The van der Waals surface area contributed by atoms with Gasteiger partial charge < -0.3 is 19.8 Å². The minimum atomic E-state index is -1.12. The van der Waals surface area contributed by atoms with Gasteiger partial charge in [-0.3, -0.25) is 4.79 Å². The summed E-state index contributed by atoms with van der Waals surface area (Å²) in [6, 6.07) is 14.1. The van der Waals surface area contributed by atoms with Crippen LogP contribution in [0.5, 0.6) is 5.75 Å². The number of carbonyl (C=O) groups is 2. The summed E-state index contributed by atoms with van der Waals surface area (Å²) in [7, 11) is 0. The Labute approximate surface area is 339 Å². The summed E-state index contributed by atoms with van der Waals surface area (Å²) in [6.07, 6.45) is 25.3. The first-order chi connectivity index (χ1) is 27.4. The predicted octanol–water partition coefficient (Wildman–Crippen LogP) is 10.6. The fourth-order valence-electron chi connectivity index (χ4n) is 17.0. The highest BCUT2D eigenvalue weighted by atomic mass is 16.6. The van der Waals surface area contributed by atoms with Gasteiger partial charge in [0.05, 0.1) is 18.2 Å². The number of hydrogen-bond donors (Lipinski definition) is 2. The van der Waals surface area contributed by atoms with Crippen molar-refractivity contribution in [1.82, 2.24) is 4.90 Å². The first-order valence-corrected chi connectivity index (χ1v) is 23.2. The number of hydrogen-bond acceptors (Lipinski definition) is 5. The molecule has 13 rings (SSSR count). The molecular weight excluding hydrogens is 707 g/mol. The van der Waals surface area contributed by atoms with E-state index in [4.69, 9.17) is 4.74 Å². The maximum Gasteiger partial charge on any atom is 0.415 e. The molecule has 0 radical (unpaired) electrons. The number of nitrogens with zero attached hydrogens (tertiary/aromatic N) is 1. The van der Waals surface area contributed by atoms with Crippen LogP contribution in [0.1, 0.15) is 129 Å². The Kier molecular flexibility index (Phi) is 8.31. The number of fused-ring (bicyclic) bond motifs is 2. The number of aliphatic hydroxyl groups is 2. The Morgan fingerprint density at radius 3 is 2.16 bits per heavy atom. The molecule has 2 spiro atoms. The highest BCUT2D eigenvalue weighted by molar-refractivity contribution is 6.00. The van der Waals surface area contributed by atoms with Crippen LogP contribution in [-0.4, -0.2) is 51.8 Å². The third-order valence-corrected chi connectivity index (χ3v) is 19.3. The van der Waals surface area contributed by atoms with Gasteiger partial charge in [0.25, 0.3) is 0 Å². The summed E-state index contributed by atoms with van der Waals surface area (Å²) in [4.78, 5) is 31.8. The van der Waals surface area contributed by atoms with Crippen molar-refractivity contribution in [2.75, 3.05) is 13.1 Å². The zero-order valence-corrected chi connectivity index (χ0v) is 34.5. The molecule has 0 aromatic heterocycles. The zero-order chi connectivity index (χ0) is 39.0. The molecule has 0 aliphatic heterocycles. The largest absolute Gasteiger partial charge is 0.415 e. The second kappa shape index (κ2) is 12.8. The van der Waals surface area contributed by atoms with Crippen molar-refractivity contribution in [2.24, 2.45) is 62.6 Å². The van der Waals surface area contributed by atoms with Crippen LogP contribution < -0.4 is 4.74 Å². The summed E-state index contributed by atoms with van der Waals surface area (Å²) in [6.45, 7) is 5.71. The Morgan fingerprint density at radius 2 is 1.42 bits per heavy atom. The van der Waals surface area contributed by atoms with E-state index in [0.29, 0.717) is 30.9 Å². The van der Waals surface area contributed by atoms with Crippen LogP contribution in [0.2, 0.25) is 0 Å². The third-order valence-electron chi connectivity index (χ3n) is 19.3. The minimum Gasteiger partial charge on any atom is -0.410 e. The molecule has 2 aromatic carbocycles. The van der Waals surface area contributed by atoms with Gasteiger partial charge in [-0.15, -0.1) is 0 Å². The van der Waals surface area contributed by atoms with Crippen molar-refractivity contribution in [3.05, 3.63) is 66.3 Å². The molecule has 8 atom stereocenters. The van der Waals surface area contributed by atoms with E-state index in [1.807, 2.05) is 35.2 Å². The number of rotatable bonds is 7. The maximum absolute atomic E-state index is 15.1. The summed E-state index contributed by atoms with van der Waals surface area (Å²) in [5, 5.41) is 26.8. The number of aliphatic hydroxyl groups excluding tert-OH is 1. The smallest absolute Gasteiger partial charge is 0.410 e. The molecule has 11 aliphatic carbocycles. The molecule has 6 nitrogen and oxygen atoms in total. The van der Waals surface area contributed by atoms with E-state index in [1.165, 1.54) is 44.9 Å². The van der Waals surface area contributed by atoms with Gasteiger partial charge in [0.1, 0.15) is 5.75 Å². The number of ketones is 1. The second-order valence-corrected chi connectivity index (χ2v) is 22.2. The van der Waals surface area contributed by atoms with Gasteiger partial charge >= 0.3 is 6.09 Å². The van der Waals surface area contributed by atoms with Crippen LogP contribution in [0, 0.1) is 62.6 Å². The Morgan fingerprint density at radius 1 is 0.754 bits per heavy atom. The normalized spacial score (nSPS) is 45.3. The van der Waals surface area contributed by atoms with E-state index < -0.39 is 16.4 Å². The standard InChI is InChI=1S/C51H65NO5/c1-46-17-14-39(53)29-49(46)20-21-51(41(30-49)44(54)37-9-4-3-5-10-37)42(46)15-18-47(2)43(51)16-19-50(47,56)32-52(31-48-26-33-22-34(27-48)24-35(23-33)28-48)45(55)57-40-13-12-36-8-6-7-11-38(36)25-40/h6-8,11-13,20-21,25,30,33-35,37,39,42-43,53,56H,3-5,9-10,14-19,22-24,26-29,31-32H2,1-2H3/t33?,34?,35?,39?,42-,43-,46-,47+,48?,49+,50-,51-/m1/s1. The summed E-state index contributed by atoms with van der Waals surface area (Å²) < 4.78 is 6.34. The van der Waals surface area contributed by atoms with Crippen LogP contribution in [0.4, 0.5) is 4.79 Å². The number of ether oxygens (including phenoxy) is 1. The quantitative estimate of drug-likeness (QED) is 0.274. The summed E-state index contributed by atoms with van der Waals surface area (Å²) in [5.41, 5.74) is -1.30. The molecular formula is C51H65NO5. The molecule has 1 amide bonds. The van der Waals surface area contributed by atoms with Crippen molar-refractivity contribution >= 4 is 22.6 Å². The average molecular weight is 772 g/mol. The predicted molar refractivity (Wildman–Crippen MR) is 222 cm³/mol. The van der Waals surface area contributed by atoms with E-state index in [2.05, 4.69) is 44.2 Å². The second-order valence-electron chi connectivity index (χ2n) is 22.2. The van der Waals surface area contributed by atoms with Crippen molar-refractivity contribution in [3.63, 3.8) is 0 Å². The molecule has 1 unspecified atom stereocenters. The fraction of sp³-hybridized carbons (Fsp3) is 0.686. The van der Waals surface area contributed by atoms with Crippen molar-refractivity contribution < 1.29 is 24.5 Å². The molecule has 11 aliphatic rings. The SMILES string of the molecule is C[C@]12CC[C@H]3[C@]4(C=C[C@@]5(C=C4C(=O)C4CCCCC4)CC(O)CC[C@]35C)[C@@H]1CC[C@@]2(O)CN(CC12CC3CC(CC(C3)C1)C2)C(=O)Oc1ccc2ccccc2c1. The first kappa shape index (κ1) is 37.1. The molecule has 8 saturated carbocycles. The highest BCUT2D eigenvalue weighted by Crippen LogP contribution is 2.78. The van der Waals surface area contributed by atoms with Gasteiger partial charge in [0.2, 0.25) is 0 Å². The van der Waals surface area contributed by atoms with Gasteiger partial charge in [-0.25, -0.2) is 4.79 Å². The summed E-state index contributed by atoms with van der Waals surface area (Å²) in [5.74, 6) is 3.62. The molecule has 2 N–H and O–H groups in total. The van der Waals surface area contributed by atoms with Crippen molar-refractivity contribution in [3.8, 4) is 5.75 Å². The van der Waals surface area contributed by atoms with E-state index in [9.17, 15) is 15.0 Å². The van der Waals surface area contributed by atoms with E-state index in [0.717, 1.165) is 91.9 Å². The molecule has 0 heterocycles. The number of carbonyl (C=O) groups excluding carboxylic acids is 2. The van der Waals surface area contributed by atoms with Gasteiger partial charge in [-0.05, 0) is 160 Å². The average Bonchev–Trinajstić information content (AvgIpc) is 3.46. The lowest BCUT2D eigenvalue weighted by Gasteiger charge is -2.71. The van der Waals surface area contributed by atoms with E-state index in [-0.39, 0.29) is 52.7 Å². The molecule has 6 bridgehead atoms. The topological polar surface area (TPSA) is 87.1 Å². The fourth-order valence-corrected chi connectivity index (χ4v) is 17.0. The minimum absolute atomic E-state index is 0.0481. The lowest BCUT2D eigenvalue weighted by molar-refractivity contribution is -0.180. The van der Waals surface area contributed by atoms with Gasteiger partial charge in [0.15, 0.2) is 5.78 Å². The Hall–Kier alpha value is -2.96. The first-order valence-electron chi connectivity index (χ1n) is 23.2. The Balaban J connectivity index is 0.957. The van der Waals surface area contributed by atoms with Crippen LogP contribution in [-0.2, 0) is 4.79 Å². The number of benzene rings is 2. The van der Waals surface area contributed by atoms with Crippen molar-refractivity contribution in [1.29, 1.82) is 0 Å². The Bertz CT molecular complexity index is 2010. The van der Waals surface area contributed by atoms with E-state index in [1.54, 1.807) is 0 Å². The van der Waals surface area contributed by atoms with Gasteiger partial charge in [-0.1, -0.05) is 81.7 Å². The lowest BCUT2D eigenvalue weighted by Crippen LogP contribution is -2.68. The monoisotopic (exact) mass is 771 g/mol. The third kappa shape index (κ3) is 5.33. The van der Waals surface area contributed by atoms with Crippen molar-refractivity contribution in [2.45, 2.75) is 141 Å².